The van der Waals surface area contributed by atoms with Crippen LogP contribution in [0.3, 0.4) is 0 Å². The molecule has 10 heteroatoms. The summed E-state index contributed by atoms with van der Waals surface area (Å²) in [6.07, 6.45) is 9.33. The minimum atomic E-state index is -0.168. The lowest BCUT2D eigenvalue weighted by Crippen LogP contribution is -1.80. The molecule has 7 heterocycles. The first-order chi connectivity index (χ1) is 21.5. The maximum atomic E-state index is 13.2. The van der Waals surface area contributed by atoms with Gasteiger partial charge in [0.25, 0.3) is 0 Å². The van der Waals surface area contributed by atoms with Gasteiger partial charge < -0.3 is 9.97 Å². The maximum Gasteiger partial charge on any atom is 0.181 e. The fourth-order valence-electron chi connectivity index (χ4n) is 4.95. The number of benzene rings is 1. The third-order valence-corrected chi connectivity index (χ3v) is 7.44. The molecule has 0 aliphatic heterocycles. The van der Waals surface area contributed by atoms with Crippen molar-refractivity contribution in [3.8, 4) is 0 Å². The topological polar surface area (TPSA) is 128 Å². The number of aromatic nitrogens is 9. The Labute approximate surface area is 260 Å². The summed E-state index contributed by atoms with van der Waals surface area (Å²) in [6, 6.07) is 9.85. The highest BCUT2D eigenvalue weighted by atomic mass is 19.1. The number of nitrogens with one attached hydrogen (secondary N) is 4. The lowest BCUT2D eigenvalue weighted by Gasteiger charge is -1.96. The standard InChI is InChI=1S/C10H10FN.C9H10N2.2C8H9N3/c1-6-3-8-7(2)5-12-10(8)9(11)4-6;1-6-3-8-7(2)5-11-9(8)10-4-6;2*1-5-3-7-6(2)10-11-8(7)9-4-5/h3-5,12H,1-2H3;3-5H,1-2H3,(H,10,11);2*3-4H,1-2H3,(H,9,10,11). The Bertz CT molecular complexity index is 2050. The highest BCUT2D eigenvalue weighted by molar-refractivity contribution is 5.84. The van der Waals surface area contributed by atoms with E-state index in [9.17, 15) is 4.39 Å². The van der Waals surface area contributed by atoms with Crippen LogP contribution in [-0.2, 0) is 0 Å². The van der Waals surface area contributed by atoms with Crippen molar-refractivity contribution in [3.63, 3.8) is 0 Å². The van der Waals surface area contributed by atoms with Crippen LogP contribution < -0.4 is 0 Å². The van der Waals surface area contributed by atoms with Crippen molar-refractivity contribution in [1.82, 2.24) is 45.3 Å². The number of H-pyrrole nitrogens is 4. The third kappa shape index (κ3) is 7.06. The van der Waals surface area contributed by atoms with E-state index in [1.165, 1.54) is 33.7 Å². The normalized spacial score (nSPS) is 10.8. The zero-order valence-electron chi connectivity index (χ0n) is 26.9. The number of halogens is 1. The van der Waals surface area contributed by atoms with E-state index in [2.05, 4.69) is 77.4 Å². The molecule has 230 valence electrons. The molecule has 0 spiro atoms. The largest absolute Gasteiger partial charge is 0.359 e. The monoisotopic (exact) mass is 603 g/mol. The molecule has 0 aliphatic rings. The number of pyridine rings is 3. The van der Waals surface area contributed by atoms with E-state index in [1.807, 2.05) is 78.6 Å². The van der Waals surface area contributed by atoms with Gasteiger partial charge in [0.2, 0.25) is 0 Å². The number of fused-ring (bicyclic) bond motifs is 4. The minimum absolute atomic E-state index is 0.168. The van der Waals surface area contributed by atoms with Gasteiger partial charge in [0.1, 0.15) is 11.5 Å². The van der Waals surface area contributed by atoms with E-state index < -0.39 is 0 Å². The molecule has 0 amide bonds. The van der Waals surface area contributed by atoms with Gasteiger partial charge in [-0.2, -0.15) is 10.2 Å². The van der Waals surface area contributed by atoms with E-state index in [4.69, 9.17) is 0 Å². The summed E-state index contributed by atoms with van der Waals surface area (Å²) in [7, 11) is 0. The van der Waals surface area contributed by atoms with Crippen LogP contribution in [0.15, 0.2) is 61.3 Å². The summed E-state index contributed by atoms with van der Waals surface area (Å²) >= 11 is 0. The number of aromatic amines is 4. The van der Waals surface area contributed by atoms with Crippen LogP contribution in [0.4, 0.5) is 4.39 Å². The van der Waals surface area contributed by atoms with Crippen molar-refractivity contribution >= 4 is 44.0 Å². The van der Waals surface area contributed by atoms with Crippen molar-refractivity contribution in [2.24, 2.45) is 0 Å². The zero-order valence-corrected chi connectivity index (χ0v) is 26.9. The van der Waals surface area contributed by atoms with Gasteiger partial charge in [0.15, 0.2) is 11.3 Å². The molecule has 8 aromatic rings. The molecule has 0 fully saturated rings. The average molecular weight is 604 g/mol. The van der Waals surface area contributed by atoms with Gasteiger partial charge in [0, 0.05) is 63.9 Å². The highest BCUT2D eigenvalue weighted by Crippen LogP contribution is 2.22. The first-order valence-corrected chi connectivity index (χ1v) is 14.7. The molecule has 7 aromatic heterocycles. The first kappa shape index (κ1) is 31.1. The minimum Gasteiger partial charge on any atom is -0.359 e. The zero-order chi connectivity index (χ0) is 32.2. The number of hydrogen-bond acceptors (Lipinski definition) is 5. The predicted octanol–water partition coefficient (Wildman–Crippen LogP) is 8.25. The molecule has 0 saturated heterocycles. The van der Waals surface area contributed by atoms with Gasteiger partial charge in [0.05, 0.1) is 5.52 Å². The van der Waals surface area contributed by atoms with Gasteiger partial charge in [-0.25, -0.2) is 19.3 Å². The van der Waals surface area contributed by atoms with Crippen LogP contribution in [0.1, 0.15) is 44.8 Å². The molecule has 1 aromatic carbocycles. The molecule has 45 heavy (non-hydrogen) atoms. The van der Waals surface area contributed by atoms with E-state index in [1.54, 1.807) is 0 Å². The Morgan fingerprint density at radius 3 is 1.56 bits per heavy atom. The van der Waals surface area contributed by atoms with Crippen molar-refractivity contribution < 1.29 is 4.39 Å². The van der Waals surface area contributed by atoms with Crippen LogP contribution in [-0.4, -0.2) is 45.3 Å². The third-order valence-electron chi connectivity index (χ3n) is 7.44. The van der Waals surface area contributed by atoms with Gasteiger partial charge in [-0.15, -0.1) is 0 Å². The molecular weight excluding hydrogens is 565 g/mol. The summed E-state index contributed by atoms with van der Waals surface area (Å²) in [5.74, 6) is -0.168. The van der Waals surface area contributed by atoms with E-state index in [0.717, 1.165) is 55.6 Å². The number of nitrogens with zero attached hydrogens (tertiary/aromatic N) is 5. The Kier molecular flexibility index (Phi) is 9.03. The molecular formula is C35H38FN9. The van der Waals surface area contributed by atoms with Gasteiger partial charge in [-0.05, 0) is 119 Å². The quantitative estimate of drug-likeness (QED) is 0.139. The average Bonchev–Trinajstić information content (AvgIpc) is 3.77. The van der Waals surface area contributed by atoms with Crippen LogP contribution in [0.2, 0.25) is 0 Å². The van der Waals surface area contributed by atoms with Gasteiger partial charge >= 0.3 is 0 Å². The lowest BCUT2D eigenvalue weighted by molar-refractivity contribution is 0.636. The fourth-order valence-corrected chi connectivity index (χ4v) is 4.95. The van der Waals surface area contributed by atoms with E-state index in [-0.39, 0.29) is 5.82 Å². The highest BCUT2D eigenvalue weighted by Gasteiger charge is 2.05. The van der Waals surface area contributed by atoms with Crippen LogP contribution >= 0.6 is 0 Å². The second kappa shape index (κ2) is 13.1. The summed E-state index contributed by atoms with van der Waals surface area (Å²) in [5, 5.41) is 18.3. The molecule has 9 nitrogen and oxygen atoms in total. The van der Waals surface area contributed by atoms with Gasteiger partial charge in [-0.1, -0.05) is 0 Å². The smallest absolute Gasteiger partial charge is 0.181 e. The van der Waals surface area contributed by atoms with Crippen molar-refractivity contribution in [2.45, 2.75) is 55.4 Å². The molecule has 0 aliphatic carbocycles. The lowest BCUT2D eigenvalue weighted by atomic mass is 10.1. The summed E-state index contributed by atoms with van der Waals surface area (Å²) in [4.78, 5) is 18.6. The number of hydrogen-bond donors (Lipinski definition) is 4. The predicted molar refractivity (Wildman–Crippen MR) is 180 cm³/mol. The Morgan fingerprint density at radius 2 is 0.978 bits per heavy atom. The second-order valence-corrected chi connectivity index (χ2v) is 11.5. The maximum absolute atomic E-state index is 13.2. The van der Waals surface area contributed by atoms with Crippen LogP contribution in [0.25, 0.3) is 44.0 Å². The van der Waals surface area contributed by atoms with Crippen molar-refractivity contribution in [1.29, 1.82) is 0 Å². The first-order valence-electron chi connectivity index (χ1n) is 14.7. The summed E-state index contributed by atoms with van der Waals surface area (Å²) < 4.78 is 13.2. The molecule has 4 N–H and O–H groups in total. The molecule has 0 atom stereocenters. The molecule has 0 unspecified atom stereocenters. The van der Waals surface area contributed by atoms with Crippen molar-refractivity contribution in [2.75, 3.05) is 0 Å². The van der Waals surface area contributed by atoms with Crippen LogP contribution in [0.5, 0.6) is 0 Å². The summed E-state index contributed by atoms with van der Waals surface area (Å²) in [6.45, 7) is 16.1. The Morgan fingerprint density at radius 1 is 0.511 bits per heavy atom. The molecule has 8 rings (SSSR count). The fraction of sp³-hybridized carbons (Fsp3) is 0.229. The number of aryl methyl sites for hydroxylation is 8. The molecule has 0 bridgehead atoms. The Balaban J connectivity index is 0.000000119. The van der Waals surface area contributed by atoms with Gasteiger partial charge in [-0.3, -0.25) is 10.2 Å². The Hall–Kier alpha value is -5.38. The van der Waals surface area contributed by atoms with Crippen LogP contribution in [0, 0.1) is 61.2 Å². The molecule has 0 saturated carbocycles. The second-order valence-electron chi connectivity index (χ2n) is 11.5. The van der Waals surface area contributed by atoms with E-state index in [0.29, 0.717) is 5.52 Å². The van der Waals surface area contributed by atoms with E-state index >= 15 is 0 Å². The summed E-state index contributed by atoms with van der Waals surface area (Å²) in [5.41, 5.74) is 12.2. The molecule has 0 radical (unpaired) electrons. The number of rotatable bonds is 0. The SMILES string of the molecule is Cc1cc(F)c2[nH]cc(C)c2c1.Cc1cnc2[nH]cc(C)c2c1.Cc1cnc2n[nH]c(C)c2c1.Cc1cnc2n[nH]c(C)c2c1. The van der Waals surface area contributed by atoms with Crippen molar-refractivity contribution in [3.05, 3.63) is 112 Å².